The highest BCUT2D eigenvalue weighted by molar-refractivity contribution is 14.1. The van der Waals surface area contributed by atoms with Crippen LogP contribution in [0.25, 0.3) is 0 Å². The van der Waals surface area contributed by atoms with E-state index in [1.807, 2.05) is 0 Å². The van der Waals surface area contributed by atoms with Crippen molar-refractivity contribution in [2.45, 2.75) is 18.9 Å². The molecule has 0 spiro atoms. The maximum Gasteiger partial charge on any atom is 0.134 e. The zero-order valence-electron chi connectivity index (χ0n) is 7.26. The summed E-state index contributed by atoms with van der Waals surface area (Å²) in [6, 6.07) is 1.73. The van der Waals surface area contributed by atoms with Gasteiger partial charge in [0, 0.05) is 16.6 Å². The van der Waals surface area contributed by atoms with Crippen molar-refractivity contribution in [2.24, 2.45) is 5.73 Å². The lowest BCUT2D eigenvalue weighted by Crippen LogP contribution is -2.06. The molecule has 14 heavy (non-hydrogen) atoms. The Hall–Kier alpha value is 0.290. The Kier molecular flexibility index (Phi) is 3.91. The SMILES string of the molecule is Cl.NC1CCc2c(Cl)cc(I)c(O)c21. The van der Waals surface area contributed by atoms with Crippen molar-refractivity contribution in [3.8, 4) is 5.75 Å². The molecular formula is C9H10Cl2INO. The van der Waals surface area contributed by atoms with E-state index in [1.54, 1.807) is 6.07 Å². The molecule has 0 fully saturated rings. The molecule has 1 aromatic carbocycles. The lowest BCUT2D eigenvalue weighted by Gasteiger charge is -2.10. The number of phenolic OH excluding ortho intramolecular Hbond substituents is 1. The second-order valence-corrected chi connectivity index (χ2v) is 4.80. The molecule has 2 nitrogen and oxygen atoms in total. The number of halogens is 3. The summed E-state index contributed by atoms with van der Waals surface area (Å²) in [5, 5.41) is 10.5. The molecule has 0 saturated heterocycles. The monoisotopic (exact) mass is 345 g/mol. The minimum Gasteiger partial charge on any atom is -0.506 e. The summed E-state index contributed by atoms with van der Waals surface area (Å²) in [4.78, 5) is 0. The lowest BCUT2D eigenvalue weighted by molar-refractivity contribution is 0.460. The van der Waals surface area contributed by atoms with Crippen molar-refractivity contribution < 1.29 is 5.11 Å². The summed E-state index contributed by atoms with van der Waals surface area (Å²) < 4.78 is 0.777. The minimum atomic E-state index is -0.0535. The highest BCUT2D eigenvalue weighted by atomic mass is 127. The molecule has 0 bridgehead atoms. The van der Waals surface area contributed by atoms with Crippen LogP contribution in [0.1, 0.15) is 23.6 Å². The van der Waals surface area contributed by atoms with Crippen LogP contribution < -0.4 is 5.73 Å². The van der Waals surface area contributed by atoms with Crippen LogP contribution in [-0.2, 0) is 6.42 Å². The van der Waals surface area contributed by atoms with Crippen molar-refractivity contribution in [3.05, 3.63) is 25.8 Å². The molecule has 0 heterocycles. The van der Waals surface area contributed by atoms with E-state index in [0.29, 0.717) is 5.75 Å². The van der Waals surface area contributed by atoms with Gasteiger partial charge in [-0.3, -0.25) is 0 Å². The summed E-state index contributed by atoms with van der Waals surface area (Å²) >= 11 is 8.10. The maximum atomic E-state index is 9.77. The zero-order valence-corrected chi connectivity index (χ0v) is 11.0. The third kappa shape index (κ3) is 1.83. The fraction of sp³-hybridized carbons (Fsp3) is 0.333. The number of benzene rings is 1. The molecule has 1 aliphatic rings. The Morgan fingerprint density at radius 1 is 1.57 bits per heavy atom. The van der Waals surface area contributed by atoms with E-state index in [1.165, 1.54) is 0 Å². The number of hydrogen-bond donors (Lipinski definition) is 2. The molecule has 0 amide bonds. The molecule has 1 unspecified atom stereocenters. The van der Waals surface area contributed by atoms with Crippen LogP contribution in [0.4, 0.5) is 0 Å². The van der Waals surface area contributed by atoms with Crippen LogP contribution in [0.3, 0.4) is 0 Å². The summed E-state index contributed by atoms with van der Waals surface area (Å²) in [5.74, 6) is 0.310. The van der Waals surface area contributed by atoms with Crippen molar-refractivity contribution in [2.75, 3.05) is 0 Å². The molecule has 3 N–H and O–H groups in total. The first-order valence-corrected chi connectivity index (χ1v) is 5.52. The van der Waals surface area contributed by atoms with Crippen molar-refractivity contribution >= 4 is 46.6 Å². The van der Waals surface area contributed by atoms with Gasteiger partial charge in [0.2, 0.25) is 0 Å². The Morgan fingerprint density at radius 3 is 2.86 bits per heavy atom. The van der Waals surface area contributed by atoms with Gasteiger partial charge in [-0.1, -0.05) is 11.6 Å². The zero-order chi connectivity index (χ0) is 9.59. The summed E-state index contributed by atoms with van der Waals surface area (Å²) in [5.41, 5.74) is 7.73. The van der Waals surface area contributed by atoms with E-state index in [4.69, 9.17) is 17.3 Å². The fourth-order valence-electron chi connectivity index (χ4n) is 1.76. The molecule has 2 rings (SSSR count). The first-order valence-electron chi connectivity index (χ1n) is 4.06. The quantitative estimate of drug-likeness (QED) is 0.710. The highest BCUT2D eigenvalue weighted by Gasteiger charge is 2.26. The number of fused-ring (bicyclic) bond motifs is 1. The summed E-state index contributed by atoms with van der Waals surface area (Å²) in [6.07, 6.45) is 1.75. The van der Waals surface area contributed by atoms with E-state index in [-0.39, 0.29) is 18.4 Å². The number of nitrogens with two attached hydrogens (primary N) is 1. The Balaban J connectivity index is 0.000000980. The molecule has 78 valence electrons. The number of phenols is 1. The van der Waals surface area contributed by atoms with Gasteiger partial charge in [-0.2, -0.15) is 0 Å². The number of aromatic hydroxyl groups is 1. The largest absolute Gasteiger partial charge is 0.506 e. The molecule has 0 aliphatic heterocycles. The fourth-order valence-corrected chi connectivity index (χ4v) is 2.86. The van der Waals surface area contributed by atoms with Crippen LogP contribution in [0.5, 0.6) is 5.75 Å². The van der Waals surface area contributed by atoms with Gasteiger partial charge < -0.3 is 10.8 Å². The van der Waals surface area contributed by atoms with Gasteiger partial charge in [-0.25, -0.2) is 0 Å². The second-order valence-electron chi connectivity index (χ2n) is 3.23. The first-order chi connectivity index (χ1) is 6.11. The second kappa shape index (κ2) is 4.43. The van der Waals surface area contributed by atoms with Crippen LogP contribution in [0, 0.1) is 3.57 Å². The number of rotatable bonds is 0. The lowest BCUT2D eigenvalue weighted by atomic mass is 10.1. The number of hydrogen-bond acceptors (Lipinski definition) is 2. The molecule has 0 radical (unpaired) electrons. The third-order valence-electron chi connectivity index (χ3n) is 2.42. The van der Waals surface area contributed by atoms with E-state index in [9.17, 15) is 5.11 Å². The maximum absolute atomic E-state index is 9.77. The Labute approximate surface area is 107 Å². The van der Waals surface area contributed by atoms with Crippen LogP contribution in [0.15, 0.2) is 6.07 Å². The van der Waals surface area contributed by atoms with Crippen LogP contribution >= 0.6 is 46.6 Å². The van der Waals surface area contributed by atoms with E-state index in [0.717, 1.165) is 32.6 Å². The molecule has 5 heteroatoms. The standard InChI is InChI=1S/C9H9ClINO.ClH/c10-5-3-6(11)9(13)8-4(5)1-2-7(8)12;/h3,7,13H,1-2,12H2;1H. The average molecular weight is 346 g/mol. The van der Waals surface area contributed by atoms with Gasteiger partial charge in [0.05, 0.1) is 3.57 Å². The Morgan fingerprint density at radius 2 is 2.21 bits per heavy atom. The van der Waals surface area contributed by atoms with Gasteiger partial charge in [0.1, 0.15) is 5.75 Å². The first kappa shape index (κ1) is 12.4. The van der Waals surface area contributed by atoms with Crippen molar-refractivity contribution in [1.29, 1.82) is 0 Å². The van der Waals surface area contributed by atoms with E-state index >= 15 is 0 Å². The normalized spacial score (nSPS) is 18.9. The van der Waals surface area contributed by atoms with Gasteiger partial charge in [-0.05, 0) is 47.1 Å². The van der Waals surface area contributed by atoms with Gasteiger partial charge in [0.15, 0.2) is 0 Å². The molecule has 1 aromatic rings. The predicted molar refractivity (Wildman–Crippen MR) is 68.3 cm³/mol. The average Bonchev–Trinajstić information content (AvgIpc) is 2.44. The molecule has 0 aromatic heterocycles. The third-order valence-corrected chi connectivity index (χ3v) is 3.58. The van der Waals surface area contributed by atoms with E-state index in [2.05, 4.69) is 22.6 Å². The molecular weight excluding hydrogens is 336 g/mol. The van der Waals surface area contributed by atoms with Gasteiger partial charge in [-0.15, -0.1) is 12.4 Å². The van der Waals surface area contributed by atoms with Gasteiger partial charge in [0.25, 0.3) is 0 Å². The van der Waals surface area contributed by atoms with Crippen LogP contribution in [0.2, 0.25) is 5.02 Å². The topological polar surface area (TPSA) is 46.2 Å². The minimum absolute atomic E-state index is 0. The predicted octanol–water partition coefficient (Wildman–Crippen LogP) is 3.02. The Bertz CT molecular complexity index is 370. The van der Waals surface area contributed by atoms with E-state index < -0.39 is 0 Å². The summed E-state index contributed by atoms with van der Waals surface area (Å²) in [7, 11) is 0. The molecule has 1 aliphatic carbocycles. The molecule has 1 atom stereocenters. The molecule has 0 saturated carbocycles. The summed E-state index contributed by atoms with van der Waals surface area (Å²) in [6.45, 7) is 0. The van der Waals surface area contributed by atoms with Crippen molar-refractivity contribution in [3.63, 3.8) is 0 Å². The highest BCUT2D eigenvalue weighted by Crippen LogP contribution is 2.42. The smallest absolute Gasteiger partial charge is 0.134 e. The van der Waals surface area contributed by atoms with Crippen LogP contribution in [-0.4, -0.2) is 5.11 Å². The van der Waals surface area contributed by atoms with Crippen molar-refractivity contribution in [1.82, 2.24) is 0 Å². The van der Waals surface area contributed by atoms with Gasteiger partial charge >= 0.3 is 0 Å².